The van der Waals surface area contributed by atoms with Gasteiger partial charge in [0.25, 0.3) is 0 Å². The Morgan fingerprint density at radius 1 is 1.15 bits per heavy atom. The molecule has 136 valence electrons. The minimum Gasteiger partial charge on any atom is -0.378 e. The lowest BCUT2D eigenvalue weighted by Gasteiger charge is -2.30. The lowest BCUT2D eigenvalue weighted by atomic mass is 10.1. The van der Waals surface area contributed by atoms with E-state index in [1.807, 2.05) is 11.1 Å². The van der Waals surface area contributed by atoms with Gasteiger partial charge in [-0.1, -0.05) is 11.8 Å². The minimum absolute atomic E-state index is 0.0830. The number of hydrogen-bond donors (Lipinski definition) is 0. The van der Waals surface area contributed by atoms with Crippen LogP contribution in [0.4, 0.5) is 5.95 Å². The average molecular weight is 372 g/mol. The number of hydrogen-bond acceptors (Lipinski definition) is 8. The summed E-state index contributed by atoms with van der Waals surface area (Å²) in [5.41, 5.74) is 2.08. The van der Waals surface area contributed by atoms with E-state index >= 15 is 0 Å². The molecule has 9 heteroatoms. The molecule has 4 heterocycles. The van der Waals surface area contributed by atoms with Crippen LogP contribution in [-0.2, 0) is 22.5 Å². The van der Waals surface area contributed by atoms with Crippen LogP contribution in [0.5, 0.6) is 0 Å². The van der Waals surface area contributed by atoms with Crippen molar-refractivity contribution >= 4 is 23.6 Å². The lowest BCUT2D eigenvalue weighted by Crippen LogP contribution is -2.40. The molecular formula is C17H20N6O2S. The van der Waals surface area contributed by atoms with E-state index in [1.54, 1.807) is 18.5 Å². The zero-order chi connectivity index (χ0) is 17.8. The molecule has 1 saturated heterocycles. The first-order valence-corrected chi connectivity index (χ1v) is 9.63. The zero-order valence-electron chi connectivity index (χ0n) is 14.4. The third-order valence-electron chi connectivity index (χ3n) is 4.45. The van der Waals surface area contributed by atoms with Crippen molar-refractivity contribution in [1.82, 2.24) is 24.8 Å². The van der Waals surface area contributed by atoms with Crippen LogP contribution in [0.1, 0.15) is 11.3 Å². The summed E-state index contributed by atoms with van der Waals surface area (Å²) < 4.78 is 5.38. The number of thioether (sulfide) groups is 1. The second kappa shape index (κ2) is 7.96. The van der Waals surface area contributed by atoms with Gasteiger partial charge in [0, 0.05) is 38.2 Å². The molecule has 0 bridgehead atoms. The number of carbonyl (C=O) groups excluding carboxylic acids is 1. The number of ether oxygens (including phenoxy) is 1. The molecule has 0 spiro atoms. The van der Waals surface area contributed by atoms with Crippen LogP contribution < -0.4 is 4.90 Å². The molecule has 0 atom stereocenters. The fraction of sp³-hybridized carbons (Fsp3) is 0.471. The van der Waals surface area contributed by atoms with Crippen LogP contribution in [0, 0.1) is 0 Å². The molecule has 0 aliphatic carbocycles. The second-order valence-corrected chi connectivity index (χ2v) is 7.07. The number of carbonyl (C=O) groups is 1. The predicted octanol–water partition coefficient (Wildman–Crippen LogP) is 0.780. The summed E-state index contributed by atoms with van der Waals surface area (Å²) in [5, 5.41) is 0.621. The highest BCUT2D eigenvalue weighted by molar-refractivity contribution is 7.99. The summed E-state index contributed by atoms with van der Waals surface area (Å²) in [7, 11) is 0. The SMILES string of the molecule is O=C(CSc1ncccn1)N1CCc2cnc(N3CCOCC3)nc2C1. The maximum atomic E-state index is 12.5. The quantitative estimate of drug-likeness (QED) is 0.575. The topological polar surface area (TPSA) is 84.3 Å². The van der Waals surface area contributed by atoms with Crippen molar-refractivity contribution in [3.8, 4) is 0 Å². The molecule has 8 nitrogen and oxygen atoms in total. The van der Waals surface area contributed by atoms with E-state index in [-0.39, 0.29) is 5.91 Å². The Bertz CT molecular complexity index is 769. The highest BCUT2D eigenvalue weighted by atomic mass is 32.2. The van der Waals surface area contributed by atoms with Crippen LogP contribution in [0.3, 0.4) is 0 Å². The molecule has 2 aromatic rings. The summed E-state index contributed by atoms with van der Waals surface area (Å²) in [5.74, 6) is 1.15. The summed E-state index contributed by atoms with van der Waals surface area (Å²) in [4.78, 5) is 34.0. The molecule has 2 aliphatic heterocycles. The Morgan fingerprint density at radius 3 is 2.77 bits per heavy atom. The Balaban J connectivity index is 1.40. The van der Waals surface area contributed by atoms with Crippen molar-refractivity contribution in [2.75, 3.05) is 43.5 Å². The zero-order valence-corrected chi connectivity index (χ0v) is 15.2. The highest BCUT2D eigenvalue weighted by Crippen LogP contribution is 2.21. The van der Waals surface area contributed by atoms with E-state index in [0.29, 0.717) is 37.2 Å². The van der Waals surface area contributed by atoms with Gasteiger partial charge in [0.05, 0.1) is 31.2 Å². The standard InChI is InChI=1S/C17H20N6O2S/c24-15(12-26-17-18-3-1-4-19-17)23-5-2-13-10-20-16(21-14(13)11-23)22-6-8-25-9-7-22/h1,3-4,10H,2,5-9,11-12H2. The van der Waals surface area contributed by atoms with Gasteiger partial charge in [0.1, 0.15) is 0 Å². The summed E-state index contributed by atoms with van der Waals surface area (Å²) in [6.07, 6.45) is 6.06. The number of amides is 1. The molecule has 26 heavy (non-hydrogen) atoms. The third-order valence-corrected chi connectivity index (χ3v) is 5.31. The lowest BCUT2D eigenvalue weighted by molar-refractivity contribution is -0.129. The van der Waals surface area contributed by atoms with E-state index < -0.39 is 0 Å². The van der Waals surface area contributed by atoms with Gasteiger partial charge in [-0.25, -0.2) is 19.9 Å². The van der Waals surface area contributed by atoms with Crippen LogP contribution in [-0.4, -0.2) is 69.3 Å². The number of aromatic nitrogens is 4. The second-order valence-electron chi connectivity index (χ2n) is 6.13. The van der Waals surface area contributed by atoms with Crippen molar-refractivity contribution in [1.29, 1.82) is 0 Å². The molecular weight excluding hydrogens is 352 g/mol. The van der Waals surface area contributed by atoms with E-state index in [4.69, 9.17) is 9.72 Å². The van der Waals surface area contributed by atoms with Crippen LogP contribution in [0.15, 0.2) is 29.8 Å². The van der Waals surface area contributed by atoms with E-state index in [2.05, 4.69) is 19.9 Å². The first-order chi connectivity index (χ1) is 12.8. The van der Waals surface area contributed by atoms with Gasteiger partial charge >= 0.3 is 0 Å². The predicted molar refractivity (Wildman–Crippen MR) is 96.9 cm³/mol. The van der Waals surface area contributed by atoms with Gasteiger partial charge in [-0.05, 0) is 18.1 Å². The molecule has 4 rings (SSSR count). The van der Waals surface area contributed by atoms with Crippen molar-refractivity contribution in [3.05, 3.63) is 35.9 Å². The van der Waals surface area contributed by atoms with Crippen LogP contribution in [0.25, 0.3) is 0 Å². The largest absolute Gasteiger partial charge is 0.378 e. The van der Waals surface area contributed by atoms with Gasteiger partial charge in [0.2, 0.25) is 11.9 Å². The first kappa shape index (κ1) is 17.2. The Hall–Kier alpha value is -2.26. The minimum atomic E-state index is 0.0830. The molecule has 0 saturated carbocycles. The number of anilines is 1. The fourth-order valence-corrected chi connectivity index (χ4v) is 3.70. The van der Waals surface area contributed by atoms with Crippen LogP contribution in [0.2, 0.25) is 0 Å². The third kappa shape index (κ3) is 3.94. The summed E-state index contributed by atoms with van der Waals surface area (Å²) in [6, 6.07) is 1.76. The number of rotatable bonds is 4. The van der Waals surface area contributed by atoms with Gasteiger partial charge in [-0.2, -0.15) is 0 Å². The summed E-state index contributed by atoms with van der Waals surface area (Å²) in [6.45, 7) is 4.23. The van der Waals surface area contributed by atoms with Gasteiger partial charge in [-0.3, -0.25) is 4.79 Å². The van der Waals surface area contributed by atoms with Gasteiger partial charge in [-0.15, -0.1) is 0 Å². The Labute approximate surface area is 156 Å². The molecule has 1 fully saturated rings. The molecule has 0 aromatic carbocycles. The Morgan fingerprint density at radius 2 is 1.96 bits per heavy atom. The molecule has 2 aromatic heterocycles. The first-order valence-electron chi connectivity index (χ1n) is 8.65. The normalized spacial score (nSPS) is 17.1. The van der Waals surface area contributed by atoms with Crippen molar-refractivity contribution in [2.45, 2.75) is 18.1 Å². The average Bonchev–Trinajstić information content (AvgIpc) is 2.72. The molecule has 0 unspecified atom stereocenters. The van der Waals surface area contributed by atoms with Gasteiger partial charge in [0.15, 0.2) is 5.16 Å². The van der Waals surface area contributed by atoms with Crippen molar-refractivity contribution in [2.24, 2.45) is 0 Å². The van der Waals surface area contributed by atoms with Crippen molar-refractivity contribution in [3.63, 3.8) is 0 Å². The van der Waals surface area contributed by atoms with E-state index in [1.165, 1.54) is 11.8 Å². The van der Waals surface area contributed by atoms with Crippen LogP contribution >= 0.6 is 11.8 Å². The molecule has 1 amide bonds. The Kier molecular flexibility index (Phi) is 5.26. The summed E-state index contributed by atoms with van der Waals surface area (Å²) >= 11 is 1.36. The smallest absolute Gasteiger partial charge is 0.233 e. The molecule has 0 N–H and O–H groups in total. The number of nitrogens with zero attached hydrogens (tertiary/aromatic N) is 6. The van der Waals surface area contributed by atoms with E-state index in [9.17, 15) is 4.79 Å². The maximum Gasteiger partial charge on any atom is 0.233 e. The number of fused-ring (bicyclic) bond motifs is 1. The van der Waals surface area contributed by atoms with E-state index in [0.717, 1.165) is 36.7 Å². The van der Waals surface area contributed by atoms with Gasteiger partial charge < -0.3 is 14.5 Å². The molecule has 2 aliphatic rings. The highest BCUT2D eigenvalue weighted by Gasteiger charge is 2.24. The monoisotopic (exact) mass is 372 g/mol. The fourth-order valence-electron chi connectivity index (χ4n) is 3.00. The van der Waals surface area contributed by atoms with Crippen molar-refractivity contribution < 1.29 is 9.53 Å². The molecule has 0 radical (unpaired) electrons. The number of morpholine rings is 1. The maximum absolute atomic E-state index is 12.5.